The fraction of sp³-hybridized carbons (Fsp3) is 0.395. The maximum Gasteiger partial charge on any atom is 0.325 e. The number of phenolic OH excluding ortho intramolecular Hbond substituents is 2. The predicted octanol–water partition coefficient (Wildman–Crippen LogP) is -3.96. The second-order valence-electron chi connectivity index (χ2n) is 13.8. The molecule has 1 heterocycles. The van der Waals surface area contributed by atoms with Crippen molar-refractivity contribution in [3.8, 4) is 11.5 Å². The molecule has 0 bridgehead atoms. The van der Waals surface area contributed by atoms with Crippen LogP contribution in [0.25, 0.3) is 0 Å². The average molecular weight is 856 g/mol. The van der Waals surface area contributed by atoms with Crippen molar-refractivity contribution in [2.24, 2.45) is 5.73 Å². The van der Waals surface area contributed by atoms with Gasteiger partial charge in [0.1, 0.15) is 53.8 Å². The number of carbonyl (C=O) groups excluding carboxylic acids is 6. The van der Waals surface area contributed by atoms with Gasteiger partial charge in [0.15, 0.2) is 0 Å². The Kier molecular flexibility index (Phi) is 18.6. The van der Waals surface area contributed by atoms with Crippen LogP contribution in [0.15, 0.2) is 61.1 Å². The number of rotatable bonds is 24. The van der Waals surface area contributed by atoms with Gasteiger partial charge >= 0.3 is 11.9 Å². The smallest absolute Gasteiger partial charge is 0.325 e. The number of aliphatic hydroxyl groups is 2. The lowest BCUT2D eigenvalue weighted by atomic mass is 10.0. The van der Waals surface area contributed by atoms with Crippen molar-refractivity contribution in [2.45, 2.75) is 81.3 Å². The summed E-state index contributed by atoms with van der Waals surface area (Å²) in [5, 5.41) is 71.7. The molecule has 15 N–H and O–H groups in total. The molecule has 0 aliphatic carbocycles. The number of nitrogens with two attached hydrogens (primary N) is 1. The van der Waals surface area contributed by atoms with Crippen molar-refractivity contribution in [3.05, 3.63) is 77.9 Å². The molecule has 0 aliphatic rings. The summed E-state index contributed by atoms with van der Waals surface area (Å²) < 4.78 is 0. The molecule has 0 saturated heterocycles. The first kappa shape index (κ1) is 48.3. The third-order valence-corrected chi connectivity index (χ3v) is 8.99. The number of hydrogen-bond acceptors (Lipinski definition) is 14. The molecule has 0 fully saturated rings. The Morgan fingerprint density at radius 3 is 1.46 bits per heavy atom. The minimum atomic E-state index is -1.70. The summed E-state index contributed by atoms with van der Waals surface area (Å²) in [4.78, 5) is 111. The number of hydrogen-bond donors (Lipinski definition) is 14. The van der Waals surface area contributed by atoms with Gasteiger partial charge in [-0.25, -0.2) is 4.98 Å². The molecule has 23 nitrogen and oxygen atoms in total. The quantitative estimate of drug-likeness (QED) is 0.0409. The van der Waals surface area contributed by atoms with Crippen LogP contribution in [0, 0.1) is 0 Å². The molecule has 0 radical (unpaired) electrons. The van der Waals surface area contributed by atoms with Crippen LogP contribution < -0.4 is 37.6 Å². The number of nitrogens with zero attached hydrogens (tertiary/aromatic N) is 1. The highest BCUT2D eigenvalue weighted by Gasteiger charge is 2.34. The van der Waals surface area contributed by atoms with Crippen LogP contribution in [0.3, 0.4) is 0 Å². The summed E-state index contributed by atoms with van der Waals surface area (Å²) >= 11 is 0. The lowest BCUT2D eigenvalue weighted by Crippen LogP contribution is -2.61. The second-order valence-corrected chi connectivity index (χ2v) is 13.8. The highest BCUT2D eigenvalue weighted by Crippen LogP contribution is 2.14. The van der Waals surface area contributed by atoms with E-state index in [0.29, 0.717) is 16.8 Å². The molecule has 0 unspecified atom stereocenters. The van der Waals surface area contributed by atoms with Gasteiger partial charge in [-0.15, -0.1) is 0 Å². The van der Waals surface area contributed by atoms with E-state index in [9.17, 15) is 69.0 Å². The zero-order valence-corrected chi connectivity index (χ0v) is 32.7. The van der Waals surface area contributed by atoms with Crippen molar-refractivity contribution in [3.63, 3.8) is 0 Å². The van der Waals surface area contributed by atoms with E-state index in [1.165, 1.54) is 68.0 Å². The van der Waals surface area contributed by atoms with E-state index < -0.39 is 116 Å². The molecule has 1 aromatic heterocycles. The Labute approximate surface area is 347 Å². The van der Waals surface area contributed by atoms with E-state index in [4.69, 9.17) is 5.73 Å². The molecule has 7 atom stereocenters. The predicted molar refractivity (Wildman–Crippen MR) is 210 cm³/mol. The molecular formula is C38H49N9O14. The molecular weight excluding hydrogens is 806 g/mol. The summed E-state index contributed by atoms with van der Waals surface area (Å²) in [6.45, 7) is -0.560. The first-order chi connectivity index (χ1) is 28.9. The number of aliphatic hydroxyl groups excluding tert-OH is 2. The summed E-state index contributed by atoms with van der Waals surface area (Å²) in [6.07, 6.45) is 0.651. The van der Waals surface area contributed by atoms with Crippen LogP contribution in [0.4, 0.5) is 0 Å². The summed E-state index contributed by atoms with van der Waals surface area (Å²) in [7, 11) is 0. The largest absolute Gasteiger partial charge is 0.508 e. The monoisotopic (exact) mass is 855 g/mol. The minimum absolute atomic E-state index is 0.121. The van der Waals surface area contributed by atoms with Crippen molar-refractivity contribution < 1.29 is 69.0 Å². The van der Waals surface area contributed by atoms with Crippen LogP contribution in [0.5, 0.6) is 11.5 Å². The van der Waals surface area contributed by atoms with Gasteiger partial charge in [-0.2, -0.15) is 0 Å². The van der Waals surface area contributed by atoms with Gasteiger partial charge in [0.2, 0.25) is 35.4 Å². The highest BCUT2D eigenvalue weighted by molar-refractivity contribution is 5.97. The Morgan fingerprint density at radius 2 is 1.03 bits per heavy atom. The van der Waals surface area contributed by atoms with E-state index in [0.717, 1.165) is 0 Å². The van der Waals surface area contributed by atoms with Crippen LogP contribution >= 0.6 is 0 Å². The fourth-order valence-electron chi connectivity index (χ4n) is 5.54. The van der Waals surface area contributed by atoms with E-state index in [2.05, 4.69) is 41.9 Å². The van der Waals surface area contributed by atoms with Gasteiger partial charge in [0.25, 0.3) is 0 Å². The van der Waals surface area contributed by atoms with E-state index in [1.54, 1.807) is 0 Å². The highest BCUT2D eigenvalue weighted by atomic mass is 16.4. The molecule has 0 aliphatic heterocycles. The molecule has 0 saturated carbocycles. The number of aromatic hydroxyl groups is 2. The van der Waals surface area contributed by atoms with Gasteiger partial charge < -0.3 is 73.3 Å². The number of benzene rings is 2. The van der Waals surface area contributed by atoms with Crippen molar-refractivity contribution >= 4 is 47.4 Å². The third-order valence-electron chi connectivity index (χ3n) is 8.99. The van der Waals surface area contributed by atoms with E-state index in [1.807, 2.05) is 0 Å². The summed E-state index contributed by atoms with van der Waals surface area (Å²) in [5.41, 5.74) is 6.62. The molecule has 61 heavy (non-hydrogen) atoms. The van der Waals surface area contributed by atoms with Gasteiger partial charge in [0.05, 0.1) is 19.5 Å². The zero-order chi connectivity index (χ0) is 45.2. The Bertz CT molecular complexity index is 1980. The van der Waals surface area contributed by atoms with Crippen molar-refractivity contribution in [2.75, 3.05) is 13.2 Å². The van der Waals surface area contributed by atoms with Gasteiger partial charge in [-0.05, 0) is 48.7 Å². The van der Waals surface area contributed by atoms with Crippen molar-refractivity contribution in [1.82, 2.24) is 41.9 Å². The minimum Gasteiger partial charge on any atom is -0.508 e. The zero-order valence-electron chi connectivity index (χ0n) is 32.7. The number of carboxylic acids is 2. The summed E-state index contributed by atoms with van der Waals surface area (Å²) in [5.74, 6) is -9.10. The molecule has 23 heteroatoms. The number of carbonyl (C=O) groups is 8. The first-order valence-corrected chi connectivity index (χ1v) is 18.7. The number of phenols is 2. The Balaban J connectivity index is 1.95. The molecule has 6 amide bonds. The topological polar surface area (TPSA) is 385 Å². The van der Waals surface area contributed by atoms with Crippen LogP contribution in [-0.2, 0) is 57.6 Å². The molecule has 3 aromatic rings. The standard InChI is InChI=1S/C38H49N9O14/c1-19(38(60)61)42-34(56)29(14-22-15-40-18-41-22)46-36(58)28(13-21-4-8-24(51)9-5-21)44-33(55)26(10-11-31(52)53)43-35(57)27(12-20-2-6-23(50)7-3-20)45-37(59)30(17-49)47-32(54)25(39)16-48/h2-9,15,18-19,25-30,48-51H,10-14,16-17,39H2,1H3,(H,40,41)(H,42,56)(H,43,57)(H,44,55)(H,45,59)(H,46,58)(H,47,54)(H,52,53)(H,60,61)/t19-,25-,26-,27-,28-,29-,30-/m0/s1. The lowest BCUT2D eigenvalue weighted by molar-refractivity contribution is -0.142. The van der Waals surface area contributed by atoms with Crippen molar-refractivity contribution in [1.29, 1.82) is 0 Å². The van der Waals surface area contributed by atoms with Crippen LogP contribution in [-0.4, -0.2) is 143 Å². The maximum atomic E-state index is 14.0. The number of nitrogens with one attached hydrogen (secondary N) is 7. The number of H-pyrrole nitrogens is 1. The molecule has 330 valence electrons. The third kappa shape index (κ3) is 15.9. The Hall–Kier alpha value is -7.11. The number of aromatic amines is 1. The number of aromatic nitrogens is 2. The molecule has 2 aromatic carbocycles. The fourth-order valence-corrected chi connectivity index (χ4v) is 5.54. The van der Waals surface area contributed by atoms with Gasteiger partial charge in [-0.1, -0.05) is 24.3 Å². The maximum absolute atomic E-state index is 14.0. The first-order valence-electron chi connectivity index (χ1n) is 18.7. The van der Waals surface area contributed by atoms with Crippen LogP contribution in [0.1, 0.15) is 36.6 Å². The number of aliphatic carboxylic acids is 2. The van der Waals surface area contributed by atoms with E-state index in [-0.39, 0.29) is 30.8 Å². The molecule has 3 rings (SSSR count). The van der Waals surface area contributed by atoms with Gasteiger partial charge in [-0.3, -0.25) is 38.4 Å². The van der Waals surface area contributed by atoms with Crippen LogP contribution in [0.2, 0.25) is 0 Å². The SMILES string of the molecule is C[C@H](NC(=O)[C@H](Cc1cnc[nH]1)NC(=O)[C@H](Cc1ccc(O)cc1)NC(=O)[C@H](CCC(=O)O)NC(=O)[C@H](Cc1ccc(O)cc1)NC(=O)[C@H](CO)NC(=O)[C@@H](N)CO)C(=O)O. The number of carboxylic acid groups (broad SMARTS) is 2. The van der Waals surface area contributed by atoms with Gasteiger partial charge in [0, 0.05) is 37.6 Å². The number of amides is 6. The normalized spacial score (nSPS) is 14.4. The average Bonchev–Trinajstić information content (AvgIpc) is 3.74. The van der Waals surface area contributed by atoms with E-state index >= 15 is 0 Å². The molecule has 0 spiro atoms. The Morgan fingerprint density at radius 1 is 0.607 bits per heavy atom. The number of imidazole rings is 1. The second kappa shape index (κ2) is 23.5. The summed E-state index contributed by atoms with van der Waals surface area (Å²) in [6, 6.07) is 0.145. The lowest BCUT2D eigenvalue weighted by Gasteiger charge is -2.27.